The van der Waals surface area contributed by atoms with Crippen LogP contribution in [0.15, 0.2) is 0 Å². The second-order valence-corrected chi connectivity index (χ2v) is 8.59. The summed E-state index contributed by atoms with van der Waals surface area (Å²) in [6.45, 7) is 7.98. The van der Waals surface area contributed by atoms with Crippen LogP contribution in [-0.4, -0.2) is 18.6 Å². The van der Waals surface area contributed by atoms with Crippen molar-refractivity contribution >= 4 is 10.4 Å². The molecule has 0 radical (unpaired) electrons. The van der Waals surface area contributed by atoms with Gasteiger partial charge in [0.25, 0.3) is 0 Å². The van der Waals surface area contributed by atoms with Crippen LogP contribution in [0.5, 0.6) is 0 Å². The molecule has 0 aliphatic rings. The Balaban J connectivity index is 4.41. The highest BCUT2D eigenvalue weighted by Crippen LogP contribution is 2.32. The van der Waals surface area contributed by atoms with Gasteiger partial charge < -0.3 is 0 Å². The lowest BCUT2D eigenvalue weighted by atomic mass is 9.82. The fourth-order valence-corrected chi connectivity index (χ4v) is 4.02. The zero-order valence-electron chi connectivity index (χ0n) is 16.3. The topological polar surface area (TPSA) is 63.6 Å². The van der Waals surface area contributed by atoms with E-state index in [1.54, 1.807) is 13.8 Å². The van der Waals surface area contributed by atoms with Crippen LogP contribution in [0.2, 0.25) is 0 Å². The van der Waals surface area contributed by atoms with Gasteiger partial charge >= 0.3 is 10.4 Å². The number of rotatable bonds is 16. The monoisotopic (exact) mass is 364 g/mol. The van der Waals surface area contributed by atoms with Gasteiger partial charge in [-0.3, -0.25) is 4.55 Å². The molecule has 146 valence electrons. The first-order valence-corrected chi connectivity index (χ1v) is 11.3. The van der Waals surface area contributed by atoms with Crippen molar-refractivity contribution in [1.29, 1.82) is 0 Å². The van der Waals surface area contributed by atoms with Gasteiger partial charge in [0.05, 0.1) is 5.60 Å². The standard InChI is InChI=1S/C19H40O4S/c1-5-7-9-11-13-15-17-18(16-14-12-10-8-6-2)19(3,4)23-24(20,21)22/h18H,5-17H2,1-4H3,(H,20,21,22). The number of unbranched alkanes of at least 4 members (excludes halogenated alkanes) is 9. The van der Waals surface area contributed by atoms with Gasteiger partial charge in [-0.2, -0.15) is 8.42 Å². The summed E-state index contributed by atoms with van der Waals surface area (Å²) in [6.07, 6.45) is 15.3. The van der Waals surface area contributed by atoms with Crippen molar-refractivity contribution in [3.05, 3.63) is 0 Å². The molecule has 0 bridgehead atoms. The van der Waals surface area contributed by atoms with Crippen molar-refractivity contribution in [2.24, 2.45) is 5.92 Å². The van der Waals surface area contributed by atoms with E-state index in [2.05, 4.69) is 13.8 Å². The van der Waals surface area contributed by atoms with Crippen molar-refractivity contribution < 1.29 is 17.2 Å². The predicted octanol–water partition coefficient (Wildman–Crippen LogP) is 6.31. The van der Waals surface area contributed by atoms with E-state index < -0.39 is 16.0 Å². The van der Waals surface area contributed by atoms with Crippen molar-refractivity contribution in [1.82, 2.24) is 0 Å². The smallest absolute Gasteiger partial charge is 0.264 e. The minimum absolute atomic E-state index is 0.159. The van der Waals surface area contributed by atoms with E-state index in [-0.39, 0.29) is 5.92 Å². The summed E-state index contributed by atoms with van der Waals surface area (Å²) in [5.41, 5.74) is -0.845. The van der Waals surface area contributed by atoms with E-state index in [1.807, 2.05) is 0 Å². The van der Waals surface area contributed by atoms with Crippen LogP contribution in [-0.2, 0) is 14.6 Å². The van der Waals surface area contributed by atoms with Crippen LogP contribution in [0, 0.1) is 5.92 Å². The minimum Gasteiger partial charge on any atom is -0.264 e. The van der Waals surface area contributed by atoms with Crippen molar-refractivity contribution in [3.8, 4) is 0 Å². The molecule has 0 fully saturated rings. The van der Waals surface area contributed by atoms with Crippen LogP contribution >= 0.6 is 0 Å². The Bertz CT molecular complexity index is 390. The maximum atomic E-state index is 11.1. The Hall–Kier alpha value is -0.130. The molecular weight excluding hydrogens is 324 g/mol. The summed E-state index contributed by atoms with van der Waals surface area (Å²) in [5.74, 6) is 0.159. The van der Waals surface area contributed by atoms with Crippen LogP contribution < -0.4 is 0 Å². The summed E-state index contributed by atoms with van der Waals surface area (Å²) >= 11 is 0. The third kappa shape index (κ3) is 13.2. The third-order valence-electron chi connectivity index (χ3n) is 4.87. The summed E-state index contributed by atoms with van der Waals surface area (Å²) in [4.78, 5) is 0. The SMILES string of the molecule is CCCCCCCCC(CCCCCCC)C(C)(C)OS(=O)(=O)O. The zero-order valence-corrected chi connectivity index (χ0v) is 17.2. The molecule has 0 saturated heterocycles. The molecule has 0 amide bonds. The highest BCUT2D eigenvalue weighted by atomic mass is 32.3. The van der Waals surface area contributed by atoms with Gasteiger partial charge in [0.15, 0.2) is 0 Å². The molecule has 0 aromatic carbocycles. The maximum absolute atomic E-state index is 11.1. The molecule has 1 atom stereocenters. The van der Waals surface area contributed by atoms with E-state index in [1.165, 1.54) is 57.8 Å². The summed E-state index contributed by atoms with van der Waals surface area (Å²) < 4.78 is 36.3. The van der Waals surface area contributed by atoms with E-state index in [4.69, 9.17) is 8.74 Å². The Kier molecular flexibility index (Phi) is 13.1. The average Bonchev–Trinajstić information content (AvgIpc) is 2.45. The Morgan fingerprint density at radius 2 is 1.17 bits per heavy atom. The molecule has 0 heterocycles. The second-order valence-electron chi connectivity index (χ2n) is 7.57. The minimum atomic E-state index is -4.41. The van der Waals surface area contributed by atoms with Gasteiger partial charge in [0.2, 0.25) is 0 Å². The van der Waals surface area contributed by atoms with Crippen LogP contribution in [0.4, 0.5) is 0 Å². The molecule has 0 saturated carbocycles. The van der Waals surface area contributed by atoms with E-state index in [0.717, 1.165) is 25.7 Å². The molecule has 4 nitrogen and oxygen atoms in total. The Morgan fingerprint density at radius 1 is 0.792 bits per heavy atom. The lowest BCUT2D eigenvalue weighted by molar-refractivity contribution is 0.0280. The largest absolute Gasteiger partial charge is 0.397 e. The van der Waals surface area contributed by atoms with Gasteiger partial charge in [-0.25, -0.2) is 4.18 Å². The zero-order chi connectivity index (χ0) is 18.5. The van der Waals surface area contributed by atoms with Gasteiger partial charge in [-0.15, -0.1) is 0 Å². The molecule has 24 heavy (non-hydrogen) atoms. The molecule has 0 aromatic heterocycles. The molecule has 0 aromatic rings. The third-order valence-corrected chi connectivity index (χ3v) is 5.51. The molecule has 1 unspecified atom stereocenters. The van der Waals surface area contributed by atoms with E-state index >= 15 is 0 Å². The average molecular weight is 365 g/mol. The maximum Gasteiger partial charge on any atom is 0.397 e. The molecule has 0 spiro atoms. The summed E-state index contributed by atoms with van der Waals surface area (Å²) in [7, 11) is -4.41. The van der Waals surface area contributed by atoms with Crippen LogP contribution in [0.25, 0.3) is 0 Å². The highest BCUT2D eigenvalue weighted by Gasteiger charge is 2.34. The van der Waals surface area contributed by atoms with E-state index in [0.29, 0.717) is 0 Å². The van der Waals surface area contributed by atoms with E-state index in [9.17, 15) is 8.42 Å². The van der Waals surface area contributed by atoms with Gasteiger partial charge in [-0.1, -0.05) is 84.5 Å². The normalized spacial score (nSPS) is 14.0. The number of hydrogen-bond acceptors (Lipinski definition) is 3. The quantitative estimate of drug-likeness (QED) is 0.257. The van der Waals surface area contributed by atoms with Crippen LogP contribution in [0.1, 0.15) is 111 Å². The molecule has 1 N–H and O–H groups in total. The Labute approximate surface area is 150 Å². The fourth-order valence-electron chi connectivity index (χ4n) is 3.34. The first-order chi connectivity index (χ1) is 11.2. The summed E-state index contributed by atoms with van der Waals surface area (Å²) in [6, 6.07) is 0. The van der Waals surface area contributed by atoms with Crippen LogP contribution in [0.3, 0.4) is 0 Å². The first kappa shape index (κ1) is 23.9. The molecule has 5 heteroatoms. The lowest BCUT2D eigenvalue weighted by Gasteiger charge is -2.33. The highest BCUT2D eigenvalue weighted by molar-refractivity contribution is 7.80. The number of hydrogen-bond donors (Lipinski definition) is 1. The van der Waals surface area contributed by atoms with Crippen molar-refractivity contribution in [2.75, 3.05) is 0 Å². The molecule has 0 aliphatic carbocycles. The van der Waals surface area contributed by atoms with Gasteiger partial charge in [-0.05, 0) is 32.6 Å². The Morgan fingerprint density at radius 3 is 1.54 bits per heavy atom. The first-order valence-electron chi connectivity index (χ1n) is 9.91. The second kappa shape index (κ2) is 13.1. The van der Waals surface area contributed by atoms with Gasteiger partial charge in [0.1, 0.15) is 0 Å². The molecule has 0 rings (SSSR count). The van der Waals surface area contributed by atoms with Gasteiger partial charge in [0, 0.05) is 0 Å². The van der Waals surface area contributed by atoms with Crippen molar-refractivity contribution in [2.45, 2.75) is 117 Å². The fraction of sp³-hybridized carbons (Fsp3) is 1.00. The molecular formula is C19H40O4S. The predicted molar refractivity (Wildman–Crippen MR) is 102 cm³/mol. The lowest BCUT2D eigenvalue weighted by Crippen LogP contribution is -2.36. The van der Waals surface area contributed by atoms with Crippen molar-refractivity contribution in [3.63, 3.8) is 0 Å². The molecule has 0 aliphatic heterocycles. The summed E-state index contributed by atoms with van der Waals surface area (Å²) in [5, 5.41) is 0.